The Morgan fingerprint density at radius 1 is 1.06 bits per heavy atom. The molecular formula is C22H18N2O5S2. The van der Waals surface area contributed by atoms with Crippen molar-refractivity contribution < 1.29 is 23.9 Å². The molecule has 0 radical (unpaired) electrons. The van der Waals surface area contributed by atoms with Crippen LogP contribution in [0.3, 0.4) is 0 Å². The molecule has 1 saturated heterocycles. The number of fused-ring (bicyclic) bond motifs is 1. The zero-order valence-electron chi connectivity index (χ0n) is 16.8. The summed E-state index contributed by atoms with van der Waals surface area (Å²) in [6.45, 7) is 1.69. The molecule has 2 heterocycles. The quantitative estimate of drug-likeness (QED) is 0.389. The number of nitrogens with zero attached hydrogens (tertiary/aromatic N) is 2. The Morgan fingerprint density at radius 2 is 1.77 bits per heavy atom. The zero-order chi connectivity index (χ0) is 22.1. The fraction of sp³-hybridized carbons (Fsp3) is 0.182. The molecule has 0 spiro atoms. The van der Waals surface area contributed by atoms with Crippen molar-refractivity contribution in [2.45, 2.75) is 6.92 Å². The van der Waals surface area contributed by atoms with E-state index in [4.69, 9.17) is 21.7 Å². The average molecular weight is 455 g/mol. The summed E-state index contributed by atoms with van der Waals surface area (Å²) in [4.78, 5) is 41.6. The number of esters is 1. The van der Waals surface area contributed by atoms with Gasteiger partial charge < -0.3 is 9.47 Å². The second-order valence-corrected chi connectivity index (χ2v) is 8.27. The molecule has 0 aromatic heterocycles. The summed E-state index contributed by atoms with van der Waals surface area (Å²) in [6.07, 6.45) is 0. The van der Waals surface area contributed by atoms with E-state index < -0.39 is 11.9 Å². The Bertz CT molecular complexity index is 1130. The topological polar surface area (TPSA) is 76.2 Å². The summed E-state index contributed by atoms with van der Waals surface area (Å²) in [5, 5.41) is 0. The van der Waals surface area contributed by atoms with Crippen molar-refractivity contribution in [3.8, 4) is 5.75 Å². The van der Waals surface area contributed by atoms with Crippen LogP contribution in [0.5, 0.6) is 5.75 Å². The Hall–Kier alpha value is -3.17. The lowest BCUT2D eigenvalue weighted by Gasteiger charge is -2.16. The van der Waals surface area contributed by atoms with E-state index in [9.17, 15) is 14.4 Å². The number of amides is 2. The van der Waals surface area contributed by atoms with Gasteiger partial charge >= 0.3 is 5.97 Å². The third kappa shape index (κ3) is 3.70. The average Bonchev–Trinajstić information content (AvgIpc) is 3.21. The van der Waals surface area contributed by atoms with Crippen LogP contribution in [0.25, 0.3) is 5.57 Å². The monoisotopic (exact) mass is 454 g/mol. The smallest absolute Gasteiger partial charge is 0.326 e. The number of carbonyl (C=O) groups is 3. The van der Waals surface area contributed by atoms with E-state index in [2.05, 4.69) is 0 Å². The van der Waals surface area contributed by atoms with Gasteiger partial charge in [0.2, 0.25) is 0 Å². The number of hydrogen-bond donors (Lipinski definition) is 0. The fourth-order valence-corrected chi connectivity index (χ4v) is 4.84. The van der Waals surface area contributed by atoms with Crippen LogP contribution < -0.4 is 14.5 Å². The molecule has 0 aliphatic carbocycles. The van der Waals surface area contributed by atoms with Gasteiger partial charge in [-0.25, -0.2) is 0 Å². The SMILES string of the molecule is CCOC(=O)CN1C(=O)/C(=C2\SC(=S)N(c3ccc(OC)cc3)C2=O)c2ccccc21. The van der Waals surface area contributed by atoms with Crippen molar-refractivity contribution in [1.82, 2.24) is 0 Å². The van der Waals surface area contributed by atoms with Gasteiger partial charge in [-0.15, -0.1) is 0 Å². The van der Waals surface area contributed by atoms with E-state index in [1.807, 2.05) is 0 Å². The number of thioether (sulfide) groups is 1. The maximum absolute atomic E-state index is 13.3. The Balaban J connectivity index is 1.74. The van der Waals surface area contributed by atoms with Crippen LogP contribution in [0.4, 0.5) is 11.4 Å². The highest BCUT2D eigenvalue weighted by Gasteiger charge is 2.43. The normalized spacial score (nSPS) is 17.9. The Morgan fingerprint density at radius 3 is 2.45 bits per heavy atom. The molecule has 2 aromatic rings. The van der Waals surface area contributed by atoms with Crippen molar-refractivity contribution in [2.24, 2.45) is 0 Å². The zero-order valence-corrected chi connectivity index (χ0v) is 18.4. The highest BCUT2D eigenvalue weighted by Crippen LogP contribution is 2.45. The maximum atomic E-state index is 13.3. The lowest BCUT2D eigenvalue weighted by molar-refractivity contribution is -0.142. The van der Waals surface area contributed by atoms with Gasteiger partial charge in [-0.3, -0.25) is 24.2 Å². The van der Waals surface area contributed by atoms with Crippen LogP contribution in [-0.2, 0) is 19.1 Å². The fourth-order valence-electron chi connectivity index (χ4n) is 3.47. The van der Waals surface area contributed by atoms with Gasteiger partial charge in [0.25, 0.3) is 11.8 Å². The van der Waals surface area contributed by atoms with Crippen LogP contribution in [0, 0.1) is 0 Å². The number of carbonyl (C=O) groups excluding carboxylic acids is 3. The van der Waals surface area contributed by atoms with Gasteiger partial charge in [0.15, 0.2) is 4.32 Å². The summed E-state index contributed by atoms with van der Waals surface area (Å²) < 4.78 is 10.5. The van der Waals surface area contributed by atoms with Crippen LogP contribution in [0.1, 0.15) is 12.5 Å². The number of ether oxygens (including phenoxy) is 2. The molecule has 7 nitrogen and oxygen atoms in total. The lowest BCUT2D eigenvalue weighted by atomic mass is 10.1. The number of thiocarbonyl (C=S) groups is 1. The van der Waals surface area contributed by atoms with Gasteiger partial charge in [0.05, 0.1) is 35.6 Å². The van der Waals surface area contributed by atoms with Crippen molar-refractivity contribution in [2.75, 3.05) is 30.1 Å². The number of para-hydroxylation sites is 1. The van der Waals surface area contributed by atoms with Crippen molar-refractivity contribution in [3.63, 3.8) is 0 Å². The molecule has 1 fully saturated rings. The molecule has 2 aromatic carbocycles. The first-order valence-corrected chi connectivity index (χ1v) is 10.7. The number of benzene rings is 2. The van der Waals surface area contributed by atoms with Crippen molar-refractivity contribution in [1.29, 1.82) is 0 Å². The van der Waals surface area contributed by atoms with Gasteiger partial charge in [-0.2, -0.15) is 0 Å². The van der Waals surface area contributed by atoms with Gasteiger partial charge in [0, 0.05) is 5.56 Å². The second-order valence-electron chi connectivity index (χ2n) is 6.62. The summed E-state index contributed by atoms with van der Waals surface area (Å²) in [6, 6.07) is 14.0. The standard InChI is InChI=1S/C22H18N2O5S2/c1-3-29-17(25)12-23-16-7-5-4-6-15(16)18(20(23)26)19-21(27)24(22(30)31-19)13-8-10-14(28-2)11-9-13/h4-11H,3,12H2,1-2H3/b19-18-. The molecule has 0 N–H and O–H groups in total. The molecule has 158 valence electrons. The highest BCUT2D eigenvalue weighted by molar-refractivity contribution is 8.27. The van der Waals surface area contributed by atoms with Crippen LogP contribution in [0.15, 0.2) is 53.4 Å². The van der Waals surface area contributed by atoms with E-state index in [1.54, 1.807) is 62.6 Å². The first-order valence-electron chi connectivity index (χ1n) is 9.47. The summed E-state index contributed by atoms with van der Waals surface area (Å²) in [5.41, 5.74) is 1.98. The number of methoxy groups -OCH3 is 1. The third-order valence-corrected chi connectivity index (χ3v) is 6.22. The summed E-state index contributed by atoms with van der Waals surface area (Å²) in [7, 11) is 1.56. The first-order chi connectivity index (χ1) is 15.0. The summed E-state index contributed by atoms with van der Waals surface area (Å²) >= 11 is 6.52. The summed E-state index contributed by atoms with van der Waals surface area (Å²) in [5.74, 6) is -0.666. The van der Waals surface area contributed by atoms with Crippen molar-refractivity contribution in [3.05, 3.63) is 59.0 Å². The number of hydrogen-bond acceptors (Lipinski definition) is 7. The molecule has 0 atom stereocenters. The highest BCUT2D eigenvalue weighted by atomic mass is 32.2. The molecule has 9 heteroatoms. The first kappa shape index (κ1) is 21.1. The molecular weight excluding hydrogens is 436 g/mol. The van der Waals surface area contributed by atoms with E-state index in [0.717, 1.165) is 11.8 Å². The molecule has 0 unspecified atom stereocenters. The third-order valence-electron chi connectivity index (χ3n) is 4.84. The van der Waals surface area contributed by atoms with E-state index in [0.29, 0.717) is 27.0 Å². The molecule has 2 amide bonds. The number of anilines is 2. The molecule has 2 aliphatic heterocycles. The predicted molar refractivity (Wildman–Crippen MR) is 123 cm³/mol. The van der Waals surface area contributed by atoms with E-state index in [-0.39, 0.29) is 29.5 Å². The molecule has 0 saturated carbocycles. The second kappa shape index (κ2) is 8.52. The van der Waals surface area contributed by atoms with E-state index >= 15 is 0 Å². The maximum Gasteiger partial charge on any atom is 0.326 e. The van der Waals surface area contributed by atoms with Crippen LogP contribution >= 0.6 is 24.0 Å². The van der Waals surface area contributed by atoms with Gasteiger partial charge in [0.1, 0.15) is 12.3 Å². The van der Waals surface area contributed by atoms with Crippen molar-refractivity contribution >= 4 is 63.0 Å². The number of rotatable bonds is 5. The molecule has 2 aliphatic rings. The Kier molecular flexibility index (Phi) is 5.79. The minimum atomic E-state index is -0.516. The molecule has 4 rings (SSSR count). The predicted octanol–water partition coefficient (Wildman–Crippen LogP) is 3.38. The largest absolute Gasteiger partial charge is 0.497 e. The van der Waals surface area contributed by atoms with Crippen LogP contribution in [-0.4, -0.2) is 42.4 Å². The van der Waals surface area contributed by atoms with Gasteiger partial charge in [-0.1, -0.05) is 42.2 Å². The van der Waals surface area contributed by atoms with Gasteiger partial charge in [-0.05, 0) is 37.3 Å². The van der Waals surface area contributed by atoms with Crippen LogP contribution in [0.2, 0.25) is 0 Å². The van der Waals surface area contributed by atoms with E-state index in [1.165, 1.54) is 9.80 Å². The minimum absolute atomic E-state index is 0.218. The molecule has 31 heavy (non-hydrogen) atoms. The minimum Gasteiger partial charge on any atom is -0.497 e. The molecule has 0 bridgehead atoms. The Labute approximate surface area is 188 Å². The lowest BCUT2D eigenvalue weighted by Crippen LogP contribution is -2.34.